The Morgan fingerprint density at radius 3 is 2.78 bits per heavy atom. The molecular formula is C22H30O. The van der Waals surface area contributed by atoms with Crippen molar-refractivity contribution in [1.82, 2.24) is 0 Å². The first-order valence-corrected chi connectivity index (χ1v) is 9.65. The molecule has 3 aliphatic rings. The molecule has 4 unspecified atom stereocenters. The summed E-state index contributed by atoms with van der Waals surface area (Å²) in [5.41, 5.74) is 2.98. The van der Waals surface area contributed by atoms with Gasteiger partial charge in [-0.05, 0) is 62.5 Å². The quantitative estimate of drug-likeness (QED) is 0.620. The van der Waals surface area contributed by atoms with Gasteiger partial charge in [-0.3, -0.25) is 0 Å². The highest BCUT2D eigenvalue weighted by molar-refractivity contribution is 5.36. The monoisotopic (exact) mass is 310 g/mol. The average Bonchev–Trinajstić information content (AvgIpc) is 3.03. The van der Waals surface area contributed by atoms with Crippen LogP contribution in [0.1, 0.15) is 70.8 Å². The van der Waals surface area contributed by atoms with E-state index in [1.54, 1.807) is 5.57 Å². The lowest BCUT2D eigenvalue weighted by Crippen LogP contribution is -2.39. The summed E-state index contributed by atoms with van der Waals surface area (Å²) in [5.74, 6) is 1.45. The van der Waals surface area contributed by atoms with Gasteiger partial charge in [-0.1, -0.05) is 56.2 Å². The molecule has 1 aliphatic heterocycles. The second-order valence-corrected chi connectivity index (χ2v) is 8.10. The van der Waals surface area contributed by atoms with E-state index in [-0.39, 0.29) is 11.2 Å². The van der Waals surface area contributed by atoms with Crippen molar-refractivity contribution in [2.75, 3.05) is 0 Å². The third kappa shape index (κ3) is 2.39. The van der Waals surface area contributed by atoms with E-state index in [0.29, 0.717) is 5.92 Å². The summed E-state index contributed by atoms with van der Waals surface area (Å²) < 4.78 is 6.99. The maximum absolute atomic E-state index is 6.99. The van der Waals surface area contributed by atoms with E-state index in [4.69, 9.17) is 4.74 Å². The summed E-state index contributed by atoms with van der Waals surface area (Å²) in [7, 11) is 0. The van der Waals surface area contributed by atoms with Crippen LogP contribution < -0.4 is 0 Å². The van der Waals surface area contributed by atoms with Crippen molar-refractivity contribution < 1.29 is 4.74 Å². The molecule has 4 atom stereocenters. The standard InChI is InChI=1S/C22H30O/c1-3-4-10-17-15-19-13-8-9-14-22(19)20(17)16-21(2,23-22)18-11-6-5-7-12-18/h5-7,11-12,15,17,20H,3-4,8-10,13-14,16H2,1-2H3. The molecule has 1 heteroatoms. The molecule has 0 radical (unpaired) electrons. The lowest BCUT2D eigenvalue weighted by atomic mass is 9.72. The highest BCUT2D eigenvalue weighted by atomic mass is 16.5. The van der Waals surface area contributed by atoms with Crippen molar-refractivity contribution in [1.29, 1.82) is 0 Å². The zero-order valence-corrected chi connectivity index (χ0v) is 14.7. The predicted octanol–water partition coefficient (Wildman–Crippen LogP) is 6.00. The van der Waals surface area contributed by atoms with Gasteiger partial charge in [-0.2, -0.15) is 0 Å². The fraction of sp³-hybridized carbons (Fsp3) is 0.636. The van der Waals surface area contributed by atoms with E-state index < -0.39 is 0 Å². The second-order valence-electron chi connectivity index (χ2n) is 8.10. The van der Waals surface area contributed by atoms with Crippen LogP contribution in [0, 0.1) is 11.8 Å². The molecule has 1 aromatic carbocycles. The molecule has 0 amide bonds. The maximum Gasteiger partial charge on any atom is 0.0938 e. The Kier molecular flexibility index (Phi) is 3.88. The molecule has 1 aromatic rings. The molecule has 1 spiro atoms. The van der Waals surface area contributed by atoms with E-state index in [9.17, 15) is 0 Å². The Labute approximate surface area is 141 Å². The van der Waals surface area contributed by atoms with Crippen molar-refractivity contribution in [3.8, 4) is 0 Å². The van der Waals surface area contributed by atoms with Gasteiger partial charge in [0.2, 0.25) is 0 Å². The van der Waals surface area contributed by atoms with Crippen LogP contribution in [0.15, 0.2) is 42.0 Å². The number of unbranched alkanes of at least 4 members (excludes halogenated alkanes) is 1. The highest BCUT2D eigenvalue weighted by Crippen LogP contribution is 2.62. The van der Waals surface area contributed by atoms with Crippen molar-refractivity contribution in [3.63, 3.8) is 0 Å². The zero-order chi connectivity index (χ0) is 15.9. The lowest BCUT2D eigenvalue weighted by Gasteiger charge is -2.39. The number of hydrogen-bond donors (Lipinski definition) is 0. The molecule has 2 fully saturated rings. The minimum atomic E-state index is -0.104. The summed E-state index contributed by atoms with van der Waals surface area (Å²) >= 11 is 0. The number of rotatable bonds is 4. The molecule has 0 bridgehead atoms. The summed E-state index contributed by atoms with van der Waals surface area (Å²) in [6.07, 6.45) is 13.0. The van der Waals surface area contributed by atoms with Crippen LogP contribution in [0.2, 0.25) is 0 Å². The third-order valence-electron chi connectivity index (χ3n) is 6.61. The van der Waals surface area contributed by atoms with Crippen LogP contribution in [-0.4, -0.2) is 5.60 Å². The third-order valence-corrected chi connectivity index (χ3v) is 6.61. The number of hydrogen-bond acceptors (Lipinski definition) is 1. The Balaban J connectivity index is 1.68. The topological polar surface area (TPSA) is 9.23 Å². The van der Waals surface area contributed by atoms with Gasteiger partial charge in [-0.25, -0.2) is 0 Å². The molecule has 23 heavy (non-hydrogen) atoms. The summed E-state index contributed by atoms with van der Waals surface area (Å²) in [5, 5.41) is 0. The van der Waals surface area contributed by atoms with Crippen LogP contribution in [0.5, 0.6) is 0 Å². The van der Waals surface area contributed by atoms with Gasteiger partial charge < -0.3 is 4.74 Å². The number of benzene rings is 1. The van der Waals surface area contributed by atoms with E-state index >= 15 is 0 Å². The summed E-state index contributed by atoms with van der Waals surface area (Å²) in [6.45, 7) is 4.64. The van der Waals surface area contributed by atoms with Crippen molar-refractivity contribution in [2.45, 2.75) is 76.4 Å². The van der Waals surface area contributed by atoms with Gasteiger partial charge in [-0.15, -0.1) is 0 Å². The SMILES string of the molecule is CCCCC1C=C2CCCCC23OC(C)(c2ccccc2)CC13. The average molecular weight is 310 g/mol. The van der Waals surface area contributed by atoms with E-state index in [1.165, 1.54) is 56.9 Å². The van der Waals surface area contributed by atoms with Crippen LogP contribution in [-0.2, 0) is 10.3 Å². The van der Waals surface area contributed by atoms with Crippen LogP contribution >= 0.6 is 0 Å². The second kappa shape index (κ2) is 5.77. The minimum absolute atomic E-state index is 0.0707. The predicted molar refractivity (Wildman–Crippen MR) is 95.3 cm³/mol. The van der Waals surface area contributed by atoms with Crippen LogP contribution in [0.3, 0.4) is 0 Å². The highest BCUT2D eigenvalue weighted by Gasteiger charge is 2.60. The number of ether oxygens (including phenoxy) is 1. The van der Waals surface area contributed by atoms with E-state index in [1.807, 2.05) is 0 Å². The molecule has 4 rings (SSSR count). The molecule has 2 aliphatic carbocycles. The fourth-order valence-corrected chi connectivity index (χ4v) is 5.51. The van der Waals surface area contributed by atoms with Gasteiger partial charge in [0.1, 0.15) is 0 Å². The van der Waals surface area contributed by atoms with Crippen molar-refractivity contribution in [2.24, 2.45) is 11.8 Å². The van der Waals surface area contributed by atoms with Gasteiger partial charge in [0, 0.05) is 5.92 Å². The molecular weight excluding hydrogens is 280 g/mol. The molecule has 124 valence electrons. The normalized spacial score (nSPS) is 39.0. The smallest absolute Gasteiger partial charge is 0.0938 e. The lowest BCUT2D eigenvalue weighted by molar-refractivity contribution is -0.0972. The first-order valence-electron chi connectivity index (χ1n) is 9.65. The first-order chi connectivity index (χ1) is 11.2. The zero-order valence-electron chi connectivity index (χ0n) is 14.7. The summed E-state index contributed by atoms with van der Waals surface area (Å²) in [4.78, 5) is 0. The Morgan fingerprint density at radius 2 is 2.00 bits per heavy atom. The first kappa shape index (κ1) is 15.4. The molecule has 1 nitrogen and oxygen atoms in total. The molecule has 0 aromatic heterocycles. The van der Waals surface area contributed by atoms with Gasteiger partial charge in [0.05, 0.1) is 11.2 Å². The molecule has 1 heterocycles. The van der Waals surface area contributed by atoms with E-state index in [0.717, 1.165) is 5.92 Å². The molecule has 1 saturated heterocycles. The number of allylic oxidation sites excluding steroid dienone is 1. The van der Waals surface area contributed by atoms with Gasteiger partial charge in [0.25, 0.3) is 0 Å². The van der Waals surface area contributed by atoms with Crippen molar-refractivity contribution >= 4 is 0 Å². The minimum Gasteiger partial charge on any atom is -0.359 e. The molecule has 1 saturated carbocycles. The van der Waals surface area contributed by atoms with Gasteiger partial charge in [0.15, 0.2) is 0 Å². The van der Waals surface area contributed by atoms with E-state index in [2.05, 4.69) is 50.3 Å². The summed E-state index contributed by atoms with van der Waals surface area (Å²) in [6, 6.07) is 10.9. The van der Waals surface area contributed by atoms with Crippen LogP contribution in [0.25, 0.3) is 0 Å². The van der Waals surface area contributed by atoms with Crippen LogP contribution in [0.4, 0.5) is 0 Å². The van der Waals surface area contributed by atoms with Crippen molar-refractivity contribution in [3.05, 3.63) is 47.5 Å². The largest absolute Gasteiger partial charge is 0.359 e. The fourth-order valence-electron chi connectivity index (χ4n) is 5.51. The Morgan fingerprint density at radius 1 is 1.17 bits per heavy atom. The molecule has 0 N–H and O–H groups in total. The Bertz CT molecular complexity index is 589. The maximum atomic E-state index is 6.99. The van der Waals surface area contributed by atoms with Gasteiger partial charge >= 0.3 is 0 Å². The Hall–Kier alpha value is -1.08.